The van der Waals surface area contributed by atoms with Gasteiger partial charge in [-0.05, 0) is 29.4 Å². The Kier molecular flexibility index (Phi) is 3.12. The van der Waals surface area contributed by atoms with Gasteiger partial charge < -0.3 is 11.1 Å². The van der Waals surface area contributed by atoms with Crippen molar-refractivity contribution in [2.45, 2.75) is 6.92 Å². The van der Waals surface area contributed by atoms with Crippen LogP contribution in [0.15, 0.2) is 16.8 Å². The number of nitrogens with one attached hydrogen (secondary N) is 1. The van der Waals surface area contributed by atoms with Gasteiger partial charge in [-0.2, -0.15) is 5.26 Å². The molecule has 2 rings (SSSR count). The number of nitrogens with zero attached hydrogens (tertiary/aromatic N) is 3. The van der Waals surface area contributed by atoms with Gasteiger partial charge in [-0.1, -0.05) is 0 Å². The standard InChI is InChI=1S/C11H8FN5O2/c1-5-7(12)2-6(4-13)3-8(5)15-11(18)9-10(14)17-19-16-9/h2-3H,1H3,(H2,14,17)(H,15,18). The van der Waals surface area contributed by atoms with Gasteiger partial charge in [-0.3, -0.25) is 4.79 Å². The van der Waals surface area contributed by atoms with Crippen LogP contribution in [0.5, 0.6) is 0 Å². The van der Waals surface area contributed by atoms with Crippen LogP contribution in [0.1, 0.15) is 21.6 Å². The summed E-state index contributed by atoms with van der Waals surface area (Å²) in [7, 11) is 0. The Labute approximate surface area is 106 Å². The van der Waals surface area contributed by atoms with Gasteiger partial charge in [0.15, 0.2) is 0 Å². The third-order valence-corrected chi connectivity index (χ3v) is 2.45. The first-order chi connectivity index (χ1) is 9.02. The molecule has 0 aliphatic carbocycles. The first-order valence-electron chi connectivity index (χ1n) is 5.12. The van der Waals surface area contributed by atoms with E-state index in [9.17, 15) is 9.18 Å². The molecular formula is C11H8FN5O2. The van der Waals surface area contributed by atoms with Crippen LogP contribution >= 0.6 is 0 Å². The molecule has 2 aromatic rings. The summed E-state index contributed by atoms with van der Waals surface area (Å²) in [4.78, 5) is 11.8. The van der Waals surface area contributed by atoms with E-state index in [0.717, 1.165) is 6.07 Å². The van der Waals surface area contributed by atoms with Crippen LogP contribution in [0, 0.1) is 24.1 Å². The molecule has 96 valence electrons. The maximum Gasteiger partial charge on any atom is 0.281 e. The van der Waals surface area contributed by atoms with E-state index < -0.39 is 11.7 Å². The lowest BCUT2D eigenvalue weighted by atomic mass is 10.1. The van der Waals surface area contributed by atoms with E-state index in [-0.39, 0.29) is 28.3 Å². The molecule has 7 nitrogen and oxygen atoms in total. The fourth-order valence-corrected chi connectivity index (χ4v) is 1.41. The predicted octanol–water partition coefficient (Wildman–Crippen LogP) is 1.22. The summed E-state index contributed by atoms with van der Waals surface area (Å²) < 4.78 is 17.8. The molecule has 1 heterocycles. The van der Waals surface area contributed by atoms with Crippen LogP contribution in [0.2, 0.25) is 0 Å². The van der Waals surface area contributed by atoms with Gasteiger partial charge >= 0.3 is 0 Å². The number of anilines is 2. The molecule has 0 spiro atoms. The highest BCUT2D eigenvalue weighted by molar-refractivity contribution is 6.05. The topological polar surface area (TPSA) is 118 Å². The molecule has 0 saturated heterocycles. The lowest BCUT2D eigenvalue weighted by Gasteiger charge is -2.08. The number of hydrogen-bond donors (Lipinski definition) is 2. The molecule has 1 aromatic heterocycles. The van der Waals surface area contributed by atoms with Gasteiger partial charge in [0.05, 0.1) is 11.6 Å². The molecule has 0 aliphatic rings. The molecule has 1 aromatic carbocycles. The molecule has 3 N–H and O–H groups in total. The van der Waals surface area contributed by atoms with E-state index in [0.29, 0.717) is 0 Å². The number of aromatic nitrogens is 2. The zero-order valence-corrected chi connectivity index (χ0v) is 9.77. The maximum atomic E-state index is 13.5. The lowest BCUT2D eigenvalue weighted by Crippen LogP contribution is -2.15. The first-order valence-corrected chi connectivity index (χ1v) is 5.12. The number of rotatable bonds is 2. The number of carbonyl (C=O) groups is 1. The summed E-state index contributed by atoms with van der Waals surface area (Å²) >= 11 is 0. The van der Waals surface area contributed by atoms with E-state index in [1.165, 1.54) is 13.0 Å². The molecule has 0 radical (unpaired) electrons. The second-order valence-corrected chi connectivity index (χ2v) is 3.69. The third-order valence-electron chi connectivity index (χ3n) is 2.45. The van der Waals surface area contributed by atoms with Crippen LogP contribution in [-0.4, -0.2) is 16.2 Å². The van der Waals surface area contributed by atoms with E-state index in [1.54, 1.807) is 6.07 Å². The van der Waals surface area contributed by atoms with E-state index in [1.807, 2.05) is 0 Å². The van der Waals surface area contributed by atoms with Gasteiger partial charge in [0.1, 0.15) is 5.82 Å². The highest BCUT2D eigenvalue weighted by Gasteiger charge is 2.18. The number of halogens is 1. The summed E-state index contributed by atoms with van der Waals surface area (Å²) in [5.41, 5.74) is 5.60. The molecule has 0 unspecified atom stereocenters. The van der Waals surface area contributed by atoms with Crippen molar-refractivity contribution in [3.8, 4) is 6.07 Å². The SMILES string of the molecule is Cc1c(F)cc(C#N)cc1NC(=O)c1nonc1N. The Hall–Kier alpha value is -2.95. The molecule has 0 bridgehead atoms. The van der Waals surface area contributed by atoms with Crippen molar-refractivity contribution in [2.75, 3.05) is 11.1 Å². The van der Waals surface area contributed by atoms with Crippen molar-refractivity contribution in [1.29, 1.82) is 5.26 Å². The van der Waals surface area contributed by atoms with Crippen molar-refractivity contribution in [2.24, 2.45) is 0 Å². The summed E-state index contributed by atoms with van der Waals surface area (Å²) in [6, 6.07) is 4.22. The lowest BCUT2D eigenvalue weighted by molar-refractivity contribution is 0.101. The van der Waals surface area contributed by atoms with Gasteiger partial charge in [0, 0.05) is 11.3 Å². The minimum atomic E-state index is -0.698. The van der Waals surface area contributed by atoms with Gasteiger partial charge in [-0.15, -0.1) is 0 Å². The number of benzene rings is 1. The fraction of sp³-hybridized carbons (Fsp3) is 0.0909. The Balaban J connectivity index is 2.34. The number of carbonyl (C=O) groups excluding carboxylic acids is 1. The summed E-state index contributed by atoms with van der Waals surface area (Å²) in [6.45, 7) is 1.47. The number of nitrogen functional groups attached to an aromatic ring is 1. The van der Waals surface area contributed by atoms with Crippen LogP contribution in [0.4, 0.5) is 15.9 Å². The average Bonchev–Trinajstić information content (AvgIpc) is 2.80. The van der Waals surface area contributed by atoms with Crippen molar-refractivity contribution in [3.05, 3.63) is 34.8 Å². The number of amides is 1. The smallest absolute Gasteiger partial charge is 0.281 e. The first kappa shape index (κ1) is 12.5. The van der Waals surface area contributed by atoms with Crippen LogP contribution < -0.4 is 11.1 Å². The van der Waals surface area contributed by atoms with E-state index in [4.69, 9.17) is 11.0 Å². The molecule has 0 saturated carbocycles. The Morgan fingerprint density at radius 2 is 2.26 bits per heavy atom. The number of hydrogen-bond acceptors (Lipinski definition) is 6. The quantitative estimate of drug-likeness (QED) is 0.839. The maximum absolute atomic E-state index is 13.5. The molecule has 8 heteroatoms. The Bertz CT molecular complexity index is 689. The van der Waals surface area contributed by atoms with E-state index in [2.05, 4.69) is 20.3 Å². The van der Waals surface area contributed by atoms with Gasteiger partial charge in [0.2, 0.25) is 11.5 Å². The molecular weight excluding hydrogens is 253 g/mol. The summed E-state index contributed by atoms with van der Waals surface area (Å²) in [6.07, 6.45) is 0. The van der Waals surface area contributed by atoms with Crippen molar-refractivity contribution < 1.29 is 13.8 Å². The normalized spacial score (nSPS) is 9.95. The van der Waals surface area contributed by atoms with Gasteiger partial charge in [-0.25, -0.2) is 9.02 Å². The average molecular weight is 261 g/mol. The van der Waals surface area contributed by atoms with E-state index >= 15 is 0 Å². The van der Waals surface area contributed by atoms with Crippen molar-refractivity contribution in [3.63, 3.8) is 0 Å². The third kappa shape index (κ3) is 2.35. The largest absolute Gasteiger partial charge is 0.379 e. The van der Waals surface area contributed by atoms with Crippen LogP contribution in [0.3, 0.4) is 0 Å². The molecule has 19 heavy (non-hydrogen) atoms. The highest BCUT2D eigenvalue weighted by Crippen LogP contribution is 2.21. The zero-order chi connectivity index (χ0) is 14.0. The number of nitriles is 1. The second-order valence-electron chi connectivity index (χ2n) is 3.69. The molecule has 0 fully saturated rings. The van der Waals surface area contributed by atoms with Gasteiger partial charge in [0.25, 0.3) is 5.91 Å². The monoisotopic (exact) mass is 261 g/mol. The highest BCUT2D eigenvalue weighted by atomic mass is 19.1. The van der Waals surface area contributed by atoms with Crippen molar-refractivity contribution in [1.82, 2.24) is 10.3 Å². The Morgan fingerprint density at radius 3 is 2.84 bits per heavy atom. The summed E-state index contributed by atoms with van der Waals surface area (Å²) in [5, 5.41) is 17.7. The Morgan fingerprint density at radius 1 is 1.53 bits per heavy atom. The minimum absolute atomic E-state index is 0.0876. The molecule has 0 aliphatic heterocycles. The molecule has 1 amide bonds. The molecule has 0 atom stereocenters. The van der Waals surface area contributed by atoms with Crippen LogP contribution in [-0.2, 0) is 0 Å². The number of nitrogens with two attached hydrogens (primary N) is 1. The summed E-state index contributed by atoms with van der Waals surface area (Å²) in [5.74, 6) is -1.47. The van der Waals surface area contributed by atoms with Crippen molar-refractivity contribution >= 4 is 17.4 Å². The predicted molar refractivity (Wildman–Crippen MR) is 62.5 cm³/mol. The minimum Gasteiger partial charge on any atom is -0.379 e. The van der Waals surface area contributed by atoms with Crippen LogP contribution in [0.25, 0.3) is 0 Å². The zero-order valence-electron chi connectivity index (χ0n) is 9.77. The fourth-order valence-electron chi connectivity index (χ4n) is 1.41. The second kappa shape index (κ2) is 4.73.